The predicted octanol–water partition coefficient (Wildman–Crippen LogP) is 1.72. The maximum Gasteiger partial charge on any atom is 0.264 e. The van der Waals surface area contributed by atoms with Gasteiger partial charge >= 0.3 is 0 Å². The number of rotatable bonds is 3. The van der Waals surface area contributed by atoms with Crippen molar-refractivity contribution in [1.29, 1.82) is 0 Å². The summed E-state index contributed by atoms with van der Waals surface area (Å²) in [6.45, 7) is 1.61. The number of sulfonamides is 1. The van der Waals surface area contributed by atoms with Gasteiger partial charge in [-0.1, -0.05) is 0 Å². The molecule has 2 aromatic rings. The first-order chi connectivity index (χ1) is 8.47. The van der Waals surface area contributed by atoms with Crippen molar-refractivity contribution in [2.45, 2.75) is 11.8 Å². The van der Waals surface area contributed by atoms with E-state index in [9.17, 15) is 12.8 Å². The molecule has 0 saturated heterocycles. The number of hydrogen-bond acceptors (Lipinski definition) is 4. The SMILES string of the molecule is Cc1cc(F)cc(S(=O)(=O)Nc2ncccn2)c1. The lowest BCUT2D eigenvalue weighted by molar-refractivity contribution is 0.594. The third kappa shape index (κ3) is 2.80. The maximum absolute atomic E-state index is 13.2. The molecule has 1 heterocycles. The summed E-state index contributed by atoms with van der Waals surface area (Å²) in [5.74, 6) is -0.663. The van der Waals surface area contributed by atoms with Crippen LogP contribution in [-0.4, -0.2) is 18.4 Å². The van der Waals surface area contributed by atoms with Crippen molar-refractivity contribution in [2.75, 3.05) is 4.72 Å². The van der Waals surface area contributed by atoms with E-state index in [-0.39, 0.29) is 10.8 Å². The highest BCUT2D eigenvalue weighted by atomic mass is 32.2. The molecular weight excluding hydrogens is 257 g/mol. The van der Waals surface area contributed by atoms with E-state index in [1.807, 2.05) is 0 Å². The minimum absolute atomic E-state index is 0.0561. The molecule has 0 aliphatic rings. The quantitative estimate of drug-likeness (QED) is 0.919. The smallest absolute Gasteiger partial charge is 0.247 e. The van der Waals surface area contributed by atoms with Gasteiger partial charge in [0.2, 0.25) is 5.95 Å². The van der Waals surface area contributed by atoms with Gasteiger partial charge in [-0.2, -0.15) is 0 Å². The van der Waals surface area contributed by atoms with Crippen LogP contribution in [0.25, 0.3) is 0 Å². The molecule has 0 unspecified atom stereocenters. The zero-order chi connectivity index (χ0) is 13.2. The fraction of sp³-hybridized carbons (Fsp3) is 0.0909. The Hall–Kier alpha value is -2.02. The second-order valence-corrected chi connectivity index (χ2v) is 5.32. The first kappa shape index (κ1) is 12.4. The topological polar surface area (TPSA) is 72.0 Å². The lowest BCUT2D eigenvalue weighted by Crippen LogP contribution is -2.15. The molecule has 0 aliphatic heterocycles. The Kier molecular flexibility index (Phi) is 3.24. The first-order valence-corrected chi connectivity index (χ1v) is 6.53. The molecule has 2 rings (SSSR count). The summed E-state index contributed by atoms with van der Waals surface area (Å²) in [7, 11) is -3.87. The summed E-state index contributed by atoms with van der Waals surface area (Å²) < 4.78 is 39.2. The lowest BCUT2D eigenvalue weighted by Gasteiger charge is -2.07. The van der Waals surface area contributed by atoms with E-state index in [1.165, 1.54) is 24.5 Å². The van der Waals surface area contributed by atoms with E-state index in [1.54, 1.807) is 13.0 Å². The van der Waals surface area contributed by atoms with Crippen molar-refractivity contribution in [2.24, 2.45) is 0 Å². The second-order valence-electron chi connectivity index (χ2n) is 3.64. The zero-order valence-corrected chi connectivity index (χ0v) is 10.3. The summed E-state index contributed by atoms with van der Waals surface area (Å²) in [5, 5.41) is 0. The van der Waals surface area contributed by atoms with Crippen LogP contribution in [0.1, 0.15) is 5.56 Å². The number of hydrogen-bond donors (Lipinski definition) is 1. The van der Waals surface area contributed by atoms with Gasteiger partial charge in [0, 0.05) is 12.4 Å². The van der Waals surface area contributed by atoms with Gasteiger partial charge in [-0.3, -0.25) is 0 Å². The Morgan fingerprint density at radius 3 is 2.44 bits per heavy atom. The molecule has 1 aromatic carbocycles. The molecule has 1 aromatic heterocycles. The van der Waals surface area contributed by atoms with E-state index in [0.29, 0.717) is 5.56 Å². The van der Waals surface area contributed by atoms with E-state index < -0.39 is 15.8 Å². The van der Waals surface area contributed by atoms with Gasteiger partial charge in [-0.05, 0) is 36.8 Å². The predicted molar refractivity (Wildman–Crippen MR) is 64.0 cm³/mol. The van der Waals surface area contributed by atoms with E-state index in [2.05, 4.69) is 14.7 Å². The highest BCUT2D eigenvalue weighted by Crippen LogP contribution is 2.16. The molecule has 0 spiro atoms. The fourth-order valence-electron chi connectivity index (χ4n) is 1.39. The van der Waals surface area contributed by atoms with Gasteiger partial charge in [0.15, 0.2) is 0 Å². The largest absolute Gasteiger partial charge is 0.264 e. The van der Waals surface area contributed by atoms with Gasteiger partial charge in [-0.25, -0.2) is 27.5 Å². The minimum atomic E-state index is -3.87. The van der Waals surface area contributed by atoms with Crippen LogP contribution in [0.4, 0.5) is 10.3 Å². The summed E-state index contributed by atoms with van der Waals surface area (Å²) in [5.41, 5.74) is 0.518. The number of anilines is 1. The number of benzene rings is 1. The van der Waals surface area contributed by atoms with Crippen LogP contribution in [-0.2, 0) is 10.0 Å². The number of halogens is 1. The highest BCUT2D eigenvalue weighted by Gasteiger charge is 2.16. The Balaban J connectivity index is 2.37. The van der Waals surface area contributed by atoms with Crippen LogP contribution in [0, 0.1) is 12.7 Å². The average Bonchev–Trinajstić information content (AvgIpc) is 2.28. The van der Waals surface area contributed by atoms with Crippen molar-refractivity contribution in [3.05, 3.63) is 48.0 Å². The molecule has 1 N–H and O–H groups in total. The second kappa shape index (κ2) is 4.69. The van der Waals surface area contributed by atoms with Crippen molar-refractivity contribution >= 4 is 16.0 Å². The van der Waals surface area contributed by atoms with Gasteiger partial charge in [0.05, 0.1) is 4.90 Å². The number of nitrogens with zero attached hydrogens (tertiary/aromatic N) is 2. The average molecular weight is 267 g/mol. The molecule has 7 heteroatoms. The van der Waals surface area contributed by atoms with E-state index >= 15 is 0 Å². The molecule has 0 atom stereocenters. The normalized spacial score (nSPS) is 11.2. The third-order valence-corrected chi connectivity index (χ3v) is 3.42. The molecule has 0 saturated carbocycles. The standard InChI is InChI=1S/C11H10FN3O2S/c1-8-5-9(12)7-10(6-8)18(16,17)15-11-13-3-2-4-14-11/h2-7H,1H3,(H,13,14,15). The lowest BCUT2D eigenvalue weighted by atomic mass is 10.2. The van der Waals surface area contributed by atoms with Gasteiger partial charge < -0.3 is 0 Å². The van der Waals surface area contributed by atoms with Gasteiger partial charge in [0.25, 0.3) is 10.0 Å². The maximum atomic E-state index is 13.2. The highest BCUT2D eigenvalue weighted by molar-refractivity contribution is 7.92. The van der Waals surface area contributed by atoms with Crippen LogP contribution in [0.3, 0.4) is 0 Å². The van der Waals surface area contributed by atoms with Crippen molar-refractivity contribution in [1.82, 2.24) is 9.97 Å². The summed E-state index contributed by atoms with van der Waals surface area (Å²) >= 11 is 0. The molecule has 0 fully saturated rings. The number of aromatic nitrogens is 2. The van der Waals surface area contributed by atoms with Crippen LogP contribution < -0.4 is 4.72 Å². The van der Waals surface area contributed by atoms with Crippen LogP contribution in [0.5, 0.6) is 0 Å². The summed E-state index contributed by atoms with van der Waals surface area (Å²) in [4.78, 5) is 7.32. The summed E-state index contributed by atoms with van der Waals surface area (Å²) in [6, 6.07) is 5.12. The zero-order valence-electron chi connectivity index (χ0n) is 9.46. The van der Waals surface area contributed by atoms with Crippen molar-refractivity contribution in [3.63, 3.8) is 0 Å². The van der Waals surface area contributed by atoms with Crippen LogP contribution >= 0.6 is 0 Å². The molecule has 18 heavy (non-hydrogen) atoms. The third-order valence-electron chi connectivity index (χ3n) is 2.12. The fourth-order valence-corrected chi connectivity index (χ4v) is 2.46. The molecule has 0 radical (unpaired) electrons. The molecular formula is C11H10FN3O2S. The Labute approximate surface area is 104 Å². The summed E-state index contributed by atoms with van der Waals surface area (Å²) in [6.07, 6.45) is 2.81. The Morgan fingerprint density at radius 1 is 1.17 bits per heavy atom. The van der Waals surface area contributed by atoms with Crippen molar-refractivity contribution in [3.8, 4) is 0 Å². The molecule has 5 nitrogen and oxygen atoms in total. The van der Waals surface area contributed by atoms with Crippen LogP contribution in [0.15, 0.2) is 41.6 Å². The van der Waals surface area contributed by atoms with Gasteiger partial charge in [0.1, 0.15) is 5.82 Å². The Bertz CT molecular complexity index is 639. The number of aryl methyl sites for hydroxylation is 1. The molecule has 0 amide bonds. The van der Waals surface area contributed by atoms with Crippen molar-refractivity contribution < 1.29 is 12.8 Å². The van der Waals surface area contributed by atoms with Crippen LogP contribution in [0.2, 0.25) is 0 Å². The molecule has 94 valence electrons. The minimum Gasteiger partial charge on any atom is -0.247 e. The monoisotopic (exact) mass is 267 g/mol. The Morgan fingerprint density at radius 2 is 1.83 bits per heavy atom. The molecule has 0 aliphatic carbocycles. The number of nitrogens with one attached hydrogen (secondary N) is 1. The first-order valence-electron chi connectivity index (χ1n) is 5.04. The molecule has 0 bridgehead atoms. The van der Waals surface area contributed by atoms with E-state index in [4.69, 9.17) is 0 Å². The van der Waals surface area contributed by atoms with Gasteiger partial charge in [-0.15, -0.1) is 0 Å². The van der Waals surface area contributed by atoms with E-state index in [0.717, 1.165) is 6.07 Å².